The molecule has 2 aromatic rings. The van der Waals surface area contributed by atoms with Gasteiger partial charge in [-0.1, -0.05) is 0 Å². The highest BCUT2D eigenvalue weighted by Gasteiger charge is 2.25. The fraction of sp³-hybridized carbons (Fsp3) is 0.435. The number of piperazine rings is 1. The second kappa shape index (κ2) is 9.76. The molecule has 0 spiro atoms. The fourth-order valence-electron chi connectivity index (χ4n) is 3.33. The summed E-state index contributed by atoms with van der Waals surface area (Å²) in [5, 5.41) is 6.07. The quantitative estimate of drug-likeness (QED) is 0.728. The molecule has 1 aromatic heterocycles. The van der Waals surface area contributed by atoms with Crippen LogP contribution in [-0.4, -0.2) is 60.8 Å². The standard InChI is InChI=1S/C23H31N5O4/c1-16(29)25-20-15-24-21(31-5)14-19(20)26-17-6-8-18(9-7-17)27-10-12-28(13-11-27)22(30)32-23(2,3)4/h6-9,14-15H,10-13H2,1-5H3,(H,24,26)(H,25,29). The Morgan fingerprint density at radius 2 is 1.69 bits per heavy atom. The van der Waals surface area contributed by atoms with Gasteiger partial charge < -0.3 is 29.9 Å². The summed E-state index contributed by atoms with van der Waals surface area (Å²) in [5.41, 5.74) is 2.71. The van der Waals surface area contributed by atoms with Crippen molar-refractivity contribution in [2.45, 2.75) is 33.3 Å². The molecular weight excluding hydrogens is 410 g/mol. The van der Waals surface area contributed by atoms with Crippen LogP contribution in [0.3, 0.4) is 0 Å². The first-order chi connectivity index (χ1) is 15.1. The number of aromatic nitrogens is 1. The zero-order chi connectivity index (χ0) is 23.3. The molecule has 2 heterocycles. The summed E-state index contributed by atoms with van der Waals surface area (Å²) in [4.78, 5) is 31.9. The van der Waals surface area contributed by atoms with Gasteiger partial charge in [-0.2, -0.15) is 0 Å². The smallest absolute Gasteiger partial charge is 0.410 e. The molecule has 1 saturated heterocycles. The topological polar surface area (TPSA) is 96.0 Å². The third kappa shape index (κ3) is 6.26. The van der Waals surface area contributed by atoms with E-state index in [2.05, 4.69) is 20.5 Å². The lowest BCUT2D eigenvalue weighted by atomic mass is 10.2. The van der Waals surface area contributed by atoms with E-state index in [1.165, 1.54) is 6.92 Å². The van der Waals surface area contributed by atoms with Gasteiger partial charge in [-0.25, -0.2) is 9.78 Å². The molecular formula is C23H31N5O4. The SMILES string of the molecule is COc1cc(Nc2ccc(N3CCN(C(=O)OC(C)(C)C)CC3)cc2)c(NC(C)=O)cn1. The van der Waals surface area contributed by atoms with E-state index in [9.17, 15) is 9.59 Å². The number of pyridine rings is 1. The van der Waals surface area contributed by atoms with E-state index < -0.39 is 5.60 Å². The number of benzene rings is 1. The number of nitrogens with zero attached hydrogens (tertiary/aromatic N) is 3. The van der Waals surface area contributed by atoms with Crippen LogP contribution in [0.5, 0.6) is 5.88 Å². The molecule has 0 unspecified atom stereocenters. The van der Waals surface area contributed by atoms with Gasteiger partial charge in [-0.15, -0.1) is 0 Å². The van der Waals surface area contributed by atoms with Gasteiger partial charge in [0.1, 0.15) is 5.60 Å². The maximum Gasteiger partial charge on any atom is 0.410 e. The van der Waals surface area contributed by atoms with Gasteiger partial charge in [0.25, 0.3) is 0 Å². The predicted octanol–water partition coefficient (Wildman–Crippen LogP) is 3.85. The van der Waals surface area contributed by atoms with E-state index in [0.29, 0.717) is 30.3 Å². The van der Waals surface area contributed by atoms with Crippen LogP contribution >= 0.6 is 0 Å². The number of hydrogen-bond donors (Lipinski definition) is 2. The molecule has 0 aliphatic carbocycles. The lowest BCUT2D eigenvalue weighted by Crippen LogP contribution is -2.50. The summed E-state index contributed by atoms with van der Waals surface area (Å²) >= 11 is 0. The summed E-state index contributed by atoms with van der Waals surface area (Å²) in [7, 11) is 1.54. The lowest BCUT2D eigenvalue weighted by molar-refractivity contribution is -0.114. The molecule has 0 atom stereocenters. The first-order valence-corrected chi connectivity index (χ1v) is 10.6. The van der Waals surface area contributed by atoms with Crippen LogP contribution in [0, 0.1) is 0 Å². The summed E-state index contributed by atoms with van der Waals surface area (Å²) in [6.45, 7) is 9.78. The van der Waals surface area contributed by atoms with Crippen molar-refractivity contribution >= 4 is 34.7 Å². The molecule has 0 saturated carbocycles. The monoisotopic (exact) mass is 441 g/mol. The highest BCUT2D eigenvalue weighted by atomic mass is 16.6. The molecule has 1 aromatic carbocycles. The van der Waals surface area contributed by atoms with E-state index in [-0.39, 0.29) is 12.0 Å². The Hall–Kier alpha value is -3.49. The molecule has 2 N–H and O–H groups in total. The van der Waals surface area contributed by atoms with E-state index in [1.807, 2.05) is 45.0 Å². The number of rotatable bonds is 5. The van der Waals surface area contributed by atoms with Crippen molar-refractivity contribution in [3.63, 3.8) is 0 Å². The molecule has 2 amide bonds. The number of ether oxygens (including phenoxy) is 2. The van der Waals surface area contributed by atoms with Crippen LogP contribution in [0.15, 0.2) is 36.5 Å². The maximum atomic E-state index is 12.3. The number of nitrogens with one attached hydrogen (secondary N) is 2. The highest BCUT2D eigenvalue weighted by Crippen LogP contribution is 2.29. The van der Waals surface area contributed by atoms with Crippen molar-refractivity contribution in [3.8, 4) is 5.88 Å². The first kappa shape index (κ1) is 23.2. The predicted molar refractivity (Wildman–Crippen MR) is 125 cm³/mol. The first-order valence-electron chi connectivity index (χ1n) is 10.6. The Morgan fingerprint density at radius 3 is 2.25 bits per heavy atom. The average molecular weight is 442 g/mol. The molecule has 9 heteroatoms. The third-order valence-electron chi connectivity index (χ3n) is 4.84. The molecule has 1 aliphatic rings. The number of methoxy groups -OCH3 is 1. The second-order valence-electron chi connectivity index (χ2n) is 8.58. The van der Waals surface area contributed by atoms with Gasteiger partial charge in [0.05, 0.1) is 24.7 Å². The Morgan fingerprint density at radius 1 is 1.03 bits per heavy atom. The van der Waals surface area contributed by atoms with Crippen molar-refractivity contribution in [1.82, 2.24) is 9.88 Å². The molecule has 9 nitrogen and oxygen atoms in total. The van der Waals surface area contributed by atoms with Crippen LogP contribution in [0.1, 0.15) is 27.7 Å². The van der Waals surface area contributed by atoms with Crippen molar-refractivity contribution in [3.05, 3.63) is 36.5 Å². The van der Waals surface area contributed by atoms with Crippen molar-refractivity contribution in [1.29, 1.82) is 0 Å². The molecule has 32 heavy (non-hydrogen) atoms. The Labute approximate surface area is 188 Å². The minimum atomic E-state index is -0.490. The number of carbonyl (C=O) groups excluding carboxylic acids is 2. The van der Waals surface area contributed by atoms with Crippen LogP contribution in [-0.2, 0) is 9.53 Å². The zero-order valence-electron chi connectivity index (χ0n) is 19.3. The van der Waals surface area contributed by atoms with Gasteiger partial charge >= 0.3 is 6.09 Å². The van der Waals surface area contributed by atoms with E-state index in [4.69, 9.17) is 9.47 Å². The second-order valence-corrected chi connectivity index (χ2v) is 8.58. The number of amides is 2. The van der Waals surface area contributed by atoms with Crippen LogP contribution in [0.25, 0.3) is 0 Å². The number of carbonyl (C=O) groups is 2. The molecule has 3 rings (SSSR count). The minimum Gasteiger partial charge on any atom is -0.481 e. The molecule has 1 fully saturated rings. The summed E-state index contributed by atoms with van der Waals surface area (Å²) < 4.78 is 10.7. The van der Waals surface area contributed by atoms with Crippen molar-refractivity contribution in [2.24, 2.45) is 0 Å². The molecule has 172 valence electrons. The summed E-state index contributed by atoms with van der Waals surface area (Å²) in [5.74, 6) is 0.266. The minimum absolute atomic E-state index is 0.180. The maximum absolute atomic E-state index is 12.3. The highest BCUT2D eigenvalue weighted by molar-refractivity contribution is 5.93. The third-order valence-corrected chi connectivity index (χ3v) is 4.84. The van der Waals surface area contributed by atoms with Gasteiger partial charge in [0, 0.05) is 50.5 Å². The van der Waals surface area contributed by atoms with Crippen molar-refractivity contribution in [2.75, 3.05) is 48.8 Å². The summed E-state index contributed by atoms with van der Waals surface area (Å²) in [6.07, 6.45) is 1.29. The van der Waals surface area contributed by atoms with Gasteiger partial charge in [0.2, 0.25) is 11.8 Å². The Bertz CT molecular complexity index is 948. The van der Waals surface area contributed by atoms with Gasteiger partial charge in [-0.3, -0.25) is 4.79 Å². The van der Waals surface area contributed by atoms with Gasteiger partial charge in [0.15, 0.2) is 0 Å². The molecule has 0 radical (unpaired) electrons. The molecule has 0 bridgehead atoms. The number of anilines is 4. The average Bonchev–Trinajstić information content (AvgIpc) is 2.74. The van der Waals surface area contributed by atoms with Crippen LogP contribution < -0.4 is 20.3 Å². The number of hydrogen-bond acceptors (Lipinski definition) is 7. The van der Waals surface area contributed by atoms with E-state index in [1.54, 1.807) is 24.3 Å². The van der Waals surface area contributed by atoms with Crippen LogP contribution in [0.2, 0.25) is 0 Å². The fourth-order valence-corrected chi connectivity index (χ4v) is 3.33. The Balaban J connectivity index is 1.63. The molecule has 1 aliphatic heterocycles. The van der Waals surface area contributed by atoms with Crippen molar-refractivity contribution < 1.29 is 19.1 Å². The summed E-state index contributed by atoms with van der Waals surface area (Å²) in [6, 6.07) is 9.74. The normalized spacial score (nSPS) is 14.0. The Kier molecular flexibility index (Phi) is 7.07. The zero-order valence-corrected chi connectivity index (χ0v) is 19.3. The lowest BCUT2D eigenvalue weighted by Gasteiger charge is -2.36. The van der Waals surface area contributed by atoms with Gasteiger partial charge in [-0.05, 0) is 45.0 Å². The van der Waals surface area contributed by atoms with Crippen LogP contribution in [0.4, 0.5) is 27.5 Å². The van der Waals surface area contributed by atoms with E-state index in [0.717, 1.165) is 24.5 Å². The largest absolute Gasteiger partial charge is 0.481 e. The van der Waals surface area contributed by atoms with E-state index >= 15 is 0 Å².